The van der Waals surface area contributed by atoms with E-state index in [-0.39, 0.29) is 0 Å². The van der Waals surface area contributed by atoms with Crippen LogP contribution in [0.4, 0.5) is 0 Å². The molecular weight excluding hydrogens is 252 g/mol. The molecule has 1 aliphatic carbocycles. The summed E-state index contributed by atoms with van der Waals surface area (Å²) in [6, 6.07) is 0.452. The first kappa shape index (κ1) is 15.8. The number of ether oxygens (including phenoxy) is 1. The number of nitrogens with zero attached hydrogens (tertiary/aromatic N) is 2. The molecule has 0 bridgehead atoms. The second-order valence-corrected chi connectivity index (χ2v) is 6.35. The molecule has 1 saturated carbocycles. The SMILES string of the molecule is COCCN1CCN(C(=O)C2CCCCCC2)CC1C. The van der Waals surface area contributed by atoms with Gasteiger partial charge in [0.25, 0.3) is 0 Å². The average molecular weight is 282 g/mol. The Hall–Kier alpha value is -0.610. The predicted molar refractivity (Wildman–Crippen MR) is 80.7 cm³/mol. The minimum absolute atomic E-state index is 0.301. The summed E-state index contributed by atoms with van der Waals surface area (Å²) in [6.45, 7) is 6.75. The second kappa shape index (κ2) is 7.99. The molecule has 0 radical (unpaired) electrons. The van der Waals surface area contributed by atoms with E-state index in [1.54, 1.807) is 7.11 Å². The van der Waals surface area contributed by atoms with Gasteiger partial charge in [-0.15, -0.1) is 0 Å². The number of hydrogen-bond donors (Lipinski definition) is 0. The van der Waals surface area contributed by atoms with Gasteiger partial charge in [-0.05, 0) is 19.8 Å². The lowest BCUT2D eigenvalue weighted by Gasteiger charge is -2.41. The number of rotatable bonds is 4. The van der Waals surface area contributed by atoms with Gasteiger partial charge in [-0.3, -0.25) is 9.69 Å². The van der Waals surface area contributed by atoms with Crippen LogP contribution in [0.2, 0.25) is 0 Å². The Morgan fingerprint density at radius 1 is 1.15 bits per heavy atom. The lowest BCUT2D eigenvalue weighted by Crippen LogP contribution is -2.55. The molecule has 0 aromatic carbocycles. The molecule has 0 spiro atoms. The van der Waals surface area contributed by atoms with E-state index in [4.69, 9.17) is 4.74 Å². The Morgan fingerprint density at radius 3 is 2.45 bits per heavy atom. The Balaban J connectivity index is 1.83. The van der Waals surface area contributed by atoms with Crippen molar-refractivity contribution in [1.82, 2.24) is 9.80 Å². The first-order valence-electron chi connectivity index (χ1n) is 8.24. The number of carbonyl (C=O) groups excluding carboxylic acids is 1. The molecule has 1 aliphatic heterocycles. The van der Waals surface area contributed by atoms with Crippen LogP contribution in [0.5, 0.6) is 0 Å². The summed E-state index contributed by atoms with van der Waals surface area (Å²) in [7, 11) is 1.75. The van der Waals surface area contributed by atoms with Crippen molar-refractivity contribution < 1.29 is 9.53 Å². The number of amides is 1. The van der Waals surface area contributed by atoms with Crippen molar-refractivity contribution in [3.05, 3.63) is 0 Å². The zero-order valence-electron chi connectivity index (χ0n) is 13.1. The highest BCUT2D eigenvalue weighted by molar-refractivity contribution is 5.79. The summed E-state index contributed by atoms with van der Waals surface area (Å²) in [5, 5.41) is 0. The summed E-state index contributed by atoms with van der Waals surface area (Å²) < 4.78 is 5.15. The number of hydrogen-bond acceptors (Lipinski definition) is 3. The highest BCUT2D eigenvalue weighted by atomic mass is 16.5. The average Bonchev–Trinajstić information content (AvgIpc) is 2.74. The standard InChI is InChI=1S/C16H30N2O2/c1-14-13-18(10-9-17(14)11-12-20-2)16(19)15-7-5-3-4-6-8-15/h14-15H,3-13H2,1-2H3. The van der Waals surface area contributed by atoms with Crippen LogP contribution in [0.25, 0.3) is 0 Å². The fourth-order valence-corrected chi connectivity index (χ4v) is 3.52. The van der Waals surface area contributed by atoms with Crippen molar-refractivity contribution in [1.29, 1.82) is 0 Å². The van der Waals surface area contributed by atoms with Crippen molar-refractivity contribution in [3.63, 3.8) is 0 Å². The van der Waals surface area contributed by atoms with Gasteiger partial charge in [0.15, 0.2) is 0 Å². The van der Waals surface area contributed by atoms with Gasteiger partial charge in [0.1, 0.15) is 0 Å². The second-order valence-electron chi connectivity index (χ2n) is 6.35. The Kier molecular flexibility index (Phi) is 6.30. The molecule has 20 heavy (non-hydrogen) atoms. The molecule has 2 fully saturated rings. The van der Waals surface area contributed by atoms with Crippen LogP contribution >= 0.6 is 0 Å². The number of carbonyl (C=O) groups is 1. The highest BCUT2D eigenvalue weighted by Gasteiger charge is 2.30. The normalized spacial score (nSPS) is 26.5. The third-order valence-electron chi connectivity index (χ3n) is 4.86. The van der Waals surface area contributed by atoms with Gasteiger partial charge in [0.05, 0.1) is 6.61 Å². The Bertz CT molecular complexity index is 301. The van der Waals surface area contributed by atoms with E-state index in [9.17, 15) is 4.79 Å². The third-order valence-corrected chi connectivity index (χ3v) is 4.86. The van der Waals surface area contributed by atoms with Gasteiger partial charge in [-0.1, -0.05) is 25.7 Å². The maximum atomic E-state index is 12.7. The fraction of sp³-hybridized carbons (Fsp3) is 0.938. The fourth-order valence-electron chi connectivity index (χ4n) is 3.52. The van der Waals surface area contributed by atoms with Crippen LogP contribution in [-0.2, 0) is 9.53 Å². The molecule has 4 nitrogen and oxygen atoms in total. The highest BCUT2D eigenvalue weighted by Crippen LogP contribution is 2.25. The predicted octanol–water partition coefficient (Wildman–Crippen LogP) is 2.14. The van der Waals surface area contributed by atoms with E-state index < -0.39 is 0 Å². The van der Waals surface area contributed by atoms with E-state index in [1.165, 1.54) is 25.7 Å². The molecule has 1 heterocycles. The van der Waals surface area contributed by atoms with Crippen LogP contribution in [0.15, 0.2) is 0 Å². The molecule has 1 atom stereocenters. The van der Waals surface area contributed by atoms with Crippen LogP contribution in [0.1, 0.15) is 45.4 Å². The summed E-state index contributed by atoms with van der Waals surface area (Å²) in [5.74, 6) is 0.723. The molecule has 0 aromatic heterocycles. The maximum absolute atomic E-state index is 12.7. The van der Waals surface area contributed by atoms with Gasteiger partial charge in [0, 0.05) is 45.2 Å². The molecule has 2 aliphatic rings. The summed E-state index contributed by atoms with van der Waals surface area (Å²) in [6.07, 6.45) is 7.31. The van der Waals surface area contributed by atoms with Gasteiger partial charge in [-0.25, -0.2) is 0 Å². The van der Waals surface area contributed by atoms with Crippen molar-refractivity contribution in [3.8, 4) is 0 Å². The molecule has 0 N–H and O–H groups in total. The Morgan fingerprint density at radius 2 is 1.85 bits per heavy atom. The molecule has 0 aromatic rings. The zero-order valence-corrected chi connectivity index (χ0v) is 13.1. The van der Waals surface area contributed by atoms with E-state index in [2.05, 4.69) is 16.7 Å². The number of piperazine rings is 1. The molecule has 1 unspecified atom stereocenters. The van der Waals surface area contributed by atoms with Crippen molar-refractivity contribution in [2.45, 2.75) is 51.5 Å². The quantitative estimate of drug-likeness (QED) is 0.741. The topological polar surface area (TPSA) is 32.8 Å². The van der Waals surface area contributed by atoms with Crippen molar-refractivity contribution in [2.24, 2.45) is 5.92 Å². The molecule has 1 amide bonds. The smallest absolute Gasteiger partial charge is 0.225 e. The van der Waals surface area contributed by atoms with Crippen molar-refractivity contribution in [2.75, 3.05) is 39.9 Å². The van der Waals surface area contributed by atoms with Crippen LogP contribution < -0.4 is 0 Å². The molecule has 4 heteroatoms. The van der Waals surface area contributed by atoms with E-state index in [1.807, 2.05) is 0 Å². The van der Waals surface area contributed by atoms with Gasteiger partial charge >= 0.3 is 0 Å². The molecule has 2 rings (SSSR count). The van der Waals surface area contributed by atoms with E-state index in [0.29, 0.717) is 17.9 Å². The largest absolute Gasteiger partial charge is 0.383 e. The lowest BCUT2D eigenvalue weighted by molar-refractivity contribution is -0.139. The summed E-state index contributed by atoms with van der Waals surface area (Å²) in [4.78, 5) is 17.2. The minimum atomic E-state index is 0.301. The summed E-state index contributed by atoms with van der Waals surface area (Å²) >= 11 is 0. The molecular formula is C16H30N2O2. The first-order chi connectivity index (χ1) is 9.72. The lowest BCUT2D eigenvalue weighted by atomic mass is 9.98. The van der Waals surface area contributed by atoms with Gasteiger partial charge in [-0.2, -0.15) is 0 Å². The maximum Gasteiger partial charge on any atom is 0.225 e. The van der Waals surface area contributed by atoms with Crippen molar-refractivity contribution >= 4 is 5.91 Å². The number of methoxy groups -OCH3 is 1. The van der Waals surface area contributed by atoms with Gasteiger partial charge in [0.2, 0.25) is 5.91 Å². The zero-order chi connectivity index (χ0) is 14.4. The van der Waals surface area contributed by atoms with Gasteiger partial charge < -0.3 is 9.64 Å². The van der Waals surface area contributed by atoms with Crippen LogP contribution in [0, 0.1) is 5.92 Å². The molecule has 116 valence electrons. The summed E-state index contributed by atoms with van der Waals surface area (Å²) in [5.41, 5.74) is 0. The molecule has 1 saturated heterocycles. The first-order valence-corrected chi connectivity index (χ1v) is 8.24. The van der Waals surface area contributed by atoms with Crippen LogP contribution in [0.3, 0.4) is 0 Å². The van der Waals surface area contributed by atoms with Crippen LogP contribution in [-0.4, -0.2) is 61.6 Å². The Labute approximate surface area is 123 Å². The minimum Gasteiger partial charge on any atom is -0.383 e. The monoisotopic (exact) mass is 282 g/mol. The van der Waals surface area contributed by atoms with E-state index in [0.717, 1.165) is 45.6 Å². The third kappa shape index (κ3) is 4.19. The van der Waals surface area contributed by atoms with E-state index >= 15 is 0 Å².